The summed E-state index contributed by atoms with van der Waals surface area (Å²) in [6.45, 7) is 41.3. The van der Waals surface area contributed by atoms with E-state index in [1.165, 1.54) is 268 Å². The summed E-state index contributed by atoms with van der Waals surface area (Å²) in [5, 5.41) is 0. The first-order chi connectivity index (χ1) is 47.5. The average molecular weight is 1360 g/mol. The minimum absolute atomic E-state index is 0.556. The van der Waals surface area contributed by atoms with Gasteiger partial charge in [0.2, 0.25) is 0 Å². The Morgan fingerprint density at radius 1 is 0.214 bits per heavy atom. The summed E-state index contributed by atoms with van der Waals surface area (Å²) in [5.41, 5.74) is 4.60. The molecule has 3 rings (SSSR count). The zero-order valence-corrected chi connectivity index (χ0v) is 67.8. The lowest BCUT2D eigenvalue weighted by Crippen LogP contribution is -2.15. The predicted octanol–water partition coefficient (Wildman–Crippen LogP) is 30.9. The molecule has 12 unspecified atom stereocenters. The first-order valence-corrected chi connectivity index (χ1v) is 42.8. The Bertz CT molecular complexity index is 2090. The molecule has 0 amide bonds. The normalized spacial score (nSPS) is 15.8. The maximum Gasteiger partial charge on any atom is 0.123 e. The number of unbranched alkanes of at least 4 members (excludes halogenated alkanes) is 4. The van der Waals surface area contributed by atoms with Gasteiger partial charge in [0.05, 0.1) is 26.4 Å². The van der Waals surface area contributed by atoms with Crippen LogP contribution in [0.15, 0.2) is 60.7 Å². The van der Waals surface area contributed by atoms with Crippen LogP contribution < -0.4 is 18.9 Å². The molecule has 0 bridgehead atoms. The van der Waals surface area contributed by atoms with Crippen LogP contribution >= 0.6 is 0 Å². The molecular weight excluding hydrogens is 1190 g/mol. The van der Waals surface area contributed by atoms with Crippen molar-refractivity contribution in [3.8, 4) is 23.0 Å². The number of ether oxygens (including phenoxy) is 4. The number of hydrogen-bond donors (Lipinski definition) is 0. The second-order valence-corrected chi connectivity index (χ2v) is 33.1. The molecule has 562 valence electrons. The van der Waals surface area contributed by atoms with Gasteiger partial charge in [0, 0.05) is 12.1 Å². The smallest absolute Gasteiger partial charge is 0.123 e. The van der Waals surface area contributed by atoms with Crippen LogP contribution in [0, 0.1) is 71.0 Å². The highest BCUT2D eigenvalue weighted by molar-refractivity contribution is 5.74. The summed E-state index contributed by atoms with van der Waals surface area (Å²) in [6.07, 6.45) is 60.8. The van der Waals surface area contributed by atoms with E-state index in [4.69, 9.17) is 18.9 Å². The van der Waals surface area contributed by atoms with Crippen molar-refractivity contribution < 1.29 is 18.9 Å². The highest BCUT2D eigenvalue weighted by Crippen LogP contribution is 2.34. The van der Waals surface area contributed by atoms with Gasteiger partial charge in [0.15, 0.2) is 0 Å². The minimum atomic E-state index is 0.556. The monoisotopic (exact) mass is 1360 g/mol. The van der Waals surface area contributed by atoms with Crippen LogP contribution in [0.3, 0.4) is 0 Å². The van der Waals surface area contributed by atoms with Crippen LogP contribution in [0.1, 0.15) is 390 Å². The molecule has 0 aliphatic rings. The quantitative estimate of drug-likeness (QED) is 0.0417. The van der Waals surface area contributed by atoms with E-state index in [0.29, 0.717) is 23.7 Å². The number of rotatable bonds is 64. The summed E-state index contributed by atoms with van der Waals surface area (Å²) in [6, 6.07) is 22.5. The van der Waals surface area contributed by atoms with E-state index in [2.05, 4.69) is 196 Å². The molecule has 98 heavy (non-hydrogen) atoms. The molecule has 0 aliphatic heterocycles. The Labute approximate surface area is 610 Å². The molecule has 0 saturated carbocycles. The van der Waals surface area contributed by atoms with Gasteiger partial charge in [0.25, 0.3) is 0 Å². The van der Waals surface area contributed by atoms with Crippen LogP contribution in [0.4, 0.5) is 0 Å². The van der Waals surface area contributed by atoms with Crippen molar-refractivity contribution in [2.45, 2.75) is 368 Å². The fourth-order valence-electron chi connectivity index (χ4n) is 15.8. The van der Waals surface area contributed by atoms with Crippen molar-refractivity contribution in [1.29, 1.82) is 0 Å². The van der Waals surface area contributed by atoms with Gasteiger partial charge in [-0.05, 0) is 169 Å². The van der Waals surface area contributed by atoms with Gasteiger partial charge < -0.3 is 18.9 Å². The first kappa shape index (κ1) is 88.6. The molecule has 0 saturated heterocycles. The summed E-state index contributed by atoms with van der Waals surface area (Å²) < 4.78 is 27.8. The van der Waals surface area contributed by atoms with E-state index in [1.807, 2.05) is 0 Å². The fourth-order valence-corrected chi connectivity index (χ4v) is 15.8. The summed E-state index contributed by atoms with van der Waals surface area (Å²) in [7, 11) is 0. The molecule has 0 N–H and O–H groups in total. The van der Waals surface area contributed by atoms with Crippen LogP contribution in [-0.2, 0) is 0 Å². The Balaban J connectivity index is 2.00. The summed E-state index contributed by atoms with van der Waals surface area (Å²) >= 11 is 0. The molecule has 4 nitrogen and oxygen atoms in total. The molecular formula is C94H162O4. The van der Waals surface area contributed by atoms with Crippen LogP contribution in [0.25, 0.3) is 24.3 Å². The summed E-state index contributed by atoms with van der Waals surface area (Å²) in [4.78, 5) is 0. The van der Waals surface area contributed by atoms with Gasteiger partial charge in [-0.3, -0.25) is 0 Å². The van der Waals surface area contributed by atoms with Gasteiger partial charge in [-0.1, -0.05) is 365 Å². The number of hydrogen-bond acceptors (Lipinski definition) is 4. The van der Waals surface area contributed by atoms with E-state index in [1.54, 1.807) is 0 Å². The second-order valence-electron chi connectivity index (χ2n) is 33.1. The maximum absolute atomic E-state index is 6.96. The minimum Gasteiger partial charge on any atom is -0.493 e. The predicted molar refractivity (Wildman–Crippen MR) is 437 cm³/mol. The SMILES string of the molecule is CCCC(C)CCCCC(CCC(C)CCC)COc1cc(/C=C/c2ccc(/C=C/c3cc(OCC(CCCCC(C)CCC)CCC(C)CCC)cc(OCC(CCCCC(C)CCC)CCC(C)CCC)c3)cc2)cc(OCC(CCCCC(C)CCC)CCC(C)CCC)c1. The third kappa shape index (κ3) is 44.0. The lowest BCUT2D eigenvalue weighted by molar-refractivity contribution is 0.208. The van der Waals surface area contributed by atoms with Crippen molar-refractivity contribution in [3.63, 3.8) is 0 Å². The van der Waals surface area contributed by atoms with Crippen molar-refractivity contribution in [3.05, 3.63) is 82.9 Å². The lowest BCUT2D eigenvalue weighted by Gasteiger charge is -2.22. The fraction of sp³-hybridized carbons (Fsp3) is 0.766. The molecule has 3 aromatic rings. The second kappa shape index (κ2) is 56.8. The maximum atomic E-state index is 6.96. The zero-order valence-electron chi connectivity index (χ0n) is 67.8. The van der Waals surface area contributed by atoms with Crippen molar-refractivity contribution in [2.24, 2.45) is 71.0 Å². The number of benzene rings is 3. The molecule has 0 heterocycles. The molecule has 0 aliphatic carbocycles. The largest absolute Gasteiger partial charge is 0.493 e. The van der Waals surface area contributed by atoms with Gasteiger partial charge in [-0.2, -0.15) is 0 Å². The Kier molecular flexibility index (Phi) is 51.4. The van der Waals surface area contributed by atoms with Crippen LogP contribution in [0.5, 0.6) is 23.0 Å². The molecule has 3 aromatic carbocycles. The third-order valence-corrected chi connectivity index (χ3v) is 22.4. The molecule has 0 radical (unpaired) electrons. The zero-order chi connectivity index (χ0) is 71.4. The van der Waals surface area contributed by atoms with Crippen LogP contribution in [-0.4, -0.2) is 26.4 Å². The highest BCUT2D eigenvalue weighted by atomic mass is 16.5. The topological polar surface area (TPSA) is 36.9 Å². The van der Waals surface area contributed by atoms with Gasteiger partial charge in [0.1, 0.15) is 23.0 Å². The van der Waals surface area contributed by atoms with Crippen molar-refractivity contribution in [2.75, 3.05) is 26.4 Å². The van der Waals surface area contributed by atoms with E-state index >= 15 is 0 Å². The van der Waals surface area contributed by atoms with Crippen molar-refractivity contribution in [1.82, 2.24) is 0 Å². The van der Waals surface area contributed by atoms with Gasteiger partial charge in [-0.15, -0.1) is 0 Å². The Morgan fingerprint density at radius 2 is 0.398 bits per heavy atom. The van der Waals surface area contributed by atoms with E-state index < -0.39 is 0 Å². The molecule has 0 aromatic heterocycles. The van der Waals surface area contributed by atoms with Crippen LogP contribution in [0.2, 0.25) is 0 Å². The standard InChI is InChI=1S/C94H162O4/c1-17-33-75(9)41-25-29-45-85(53-49-79(13)37-21-5)71-95-91-65-89(66-92(69-91)96-72-86(54-50-80(14)38-22-6)46-30-26-42-76(10)34-18-2)63-61-83-57-59-84(60-58-83)62-64-90-67-93(97-73-87(55-51-81(15)39-23-7)47-31-27-43-77(11)35-19-3)70-94(68-90)98-74-88(56-52-82(16)40-24-8)48-32-28-44-78(12)36-20-4/h57-70,75-82,85-88H,17-56,71-74H2,1-16H3/b63-61+,64-62+. The van der Waals surface area contributed by atoms with E-state index in [0.717, 1.165) is 108 Å². The molecule has 4 heteroatoms. The molecule has 12 atom stereocenters. The molecule has 0 spiro atoms. The highest BCUT2D eigenvalue weighted by Gasteiger charge is 2.20. The Morgan fingerprint density at radius 3 is 0.602 bits per heavy atom. The van der Waals surface area contributed by atoms with Gasteiger partial charge >= 0.3 is 0 Å². The van der Waals surface area contributed by atoms with Crippen molar-refractivity contribution >= 4 is 24.3 Å². The summed E-state index contributed by atoms with van der Waals surface area (Å²) in [5.74, 6) is 12.3. The molecule has 0 fully saturated rings. The van der Waals surface area contributed by atoms with E-state index in [-0.39, 0.29) is 0 Å². The van der Waals surface area contributed by atoms with E-state index in [9.17, 15) is 0 Å². The average Bonchev–Trinajstić information content (AvgIpc) is 0.929. The third-order valence-electron chi connectivity index (χ3n) is 22.4. The lowest BCUT2D eigenvalue weighted by atomic mass is 9.90. The Hall–Kier alpha value is -3.66. The van der Waals surface area contributed by atoms with Gasteiger partial charge in [-0.25, -0.2) is 0 Å². The first-order valence-electron chi connectivity index (χ1n) is 42.8.